The van der Waals surface area contributed by atoms with Crippen molar-refractivity contribution in [2.45, 2.75) is 12.8 Å². The lowest BCUT2D eigenvalue weighted by Gasteiger charge is -2.33. The van der Waals surface area contributed by atoms with Crippen molar-refractivity contribution in [2.75, 3.05) is 44.4 Å². The number of nitrogens with one attached hydrogen (secondary N) is 2. The van der Waals surface area contributed by atoms with Gasteiger partial charge in [-0.05, 0) is 37.1 Å². The third-order valence-electron chi connectivity index (χ3n) is 5.27. The number of rotatable bonds is 6. The van der Waals surface area contributed by atoms with Crippen molar-refractivity contribution in [1.29, 1.82) is 0 Å². The number of hydrogen-bond donors (Lipinski definition) is 2. The van der Waals surface area contributed by atoms with Gasteiger partial charge in [0.2, 0.25) is 11.8 Å². The molecule has 0 spiro atoms. The Hall–Kier alpha value is -3.55. The van der Waals surface area contributed by atoms with Crippen LogP contribution in [0.25, 0.3) is 0 Å². The Labute approximate surface area is 182 Å². The lowest BCUT2D eigenvalue weighted by Crippen LogP contribution is -2.46. The van der Waals surface area contributed by atoms with Gasteiger partial charge < -0.3 is 25.2 Å². The molecule has 1 heterocycles. The van der Waals surface area contributed by atoms with Crippen LogP contribution in [-0.2, 0) is 9.59 Å². The van der Waals surface area contributed by atoms with Crippen molar-refractivity contribution >= 4 is 29.2 Å². The molecular formula is C23H28N4O4. The molecule has 3 rings (SSSR count). The van der Waals surface area contributed by atoms with Crippen LogP contribution in [0.3, 0.4) is 0 Å². The minimum atomic E-state index is -0.274. The highest BCUT2D eigenvalue weighted by Gasteiger charge is 2.29. The number of nitrogens with zero attached hydrogens (tertiary/aromatic N) is 2. The predicted octanol–water partition coefficient (Wildman–Crippen LogP) is 3.04. The highest BCUT2D eigenvalue weighted by atomic mass is 16.5. The molecule has 164 valence electrons. The number of methoxy groups -OCH3 is 1. The number of likely N-dealkylation sites (tertiary alicyclic amines) is 1. The van der Waals surface area contributed by atoms with Crippen LogP contribution in [0.15, 0.2) is 54.6 Å². The zero-order valence-corrected chi connectivity index (χ0v) is 17.8. The van der Waals surface area contributed by atoms with Crippen molar-refractivity contribution in [3.05, 3.63) is 54.6 Å². The lowest BCUT2D eigenvalue weighted by atomic mass is 9.95. The van der Waals surface area contributed by atoms with Crippen molar-refractivity contribution in [1.82, 2.24) is 9.80 Å². The number of hydrogen-bond acceptors (Lipinski definition) is 4. The molecule has 31 heavy (non-hydrogen) atoms. The Bertz CT molecular complexity index is 911. The zero-order chi connectivity index (χ0) is 22.2. The van der Waals surface area contributed by atoms with E-state index in [-0.39, 0.29) is 30.3 Å². The summed E-state index contributed by atoms with van der Waals surface area (Å²) < 4.78 is 5.15. The van der Waals surface area contributed by atoms with Crippen LogP contribution in [0, 0.1) is 5.92 Å². The molecule has 0 saturated carbocycles. The van der Waals surface area contributed by atoms with E-state index in [1.165, 1.54) is 4.90 Å². The standard InChI is InChI=1S/C23H28N4O4/c1-26(16-21(28)24-19-9-6-10-20(15-19)31-2)22(29)17-11-13-27(14-12-17)23(30)25-18-7-4-3-5-8-18/h3-10,15,17H,11-14,16H2,1-2H3,(H,24,28)(H,25,30). The molecule has 1 saturated heterocycles. The summed E-state index contributed by atoms with van der Waals surface area (Å²) in [5, 5.41) is 5.64. The summed E-state index contributed by atoms with van der Waals surface area (Å²) >= 11 is 0. The monoisotopic (exact) mass is 424 g/mol. The van der Waals surface area contributed by atoms with Gasteiger partial charge in [0.1, 0.15) is 5.75 Å². The Balaban J connectivity index is 1.45. The van der Waals surface area contributed by atoms with Gasteiger partial charge in [-0.25, -0.2) is 4.79 Å². The van der Waals surface area contributed by atoms with E-state index in [0.717, 1.165) is 5.69 Å². The number of likely N-dealkylation sites (N-methyl/N-ethyl adjacent to an activating group) is 1. The first-order chi connectivity index (χ1) is 15.0. The molecule has 1 fully saturated rings. The van der Waals surface area contributed by atoms with Gasteiger partial charge >= 0.3 is 6.03 Å². The Morgan fingerprint density at radius 3 is 2.35 bits per heavy atom. The molecule has 1 aliphatic rings. The van der Waals surface area contributed by atoms with Crippen LogP contribution in [0.4, 0.5) is 16.2 Å². The molecule has 2 N–H and O–H groups in total. The Kier molecular flexibility index (Phi) is 7.48. The van der Waals surface area contributed by atoms with Crippen molar-refractivity contribution in [3.8, 4) is 5.75 Å². The molecule has 2 aromatic rings. The van der Waals surface area contributed by atoms with Crippen LogP contribution >= 0.6 is 0 Å². The fourth-order valence-corrected chi connectivity index (χ4v) is 3.56. The van der Waals surface area contributed by atoms with E-state index >= 15 is 0 Å². The number of para-hydroxylation sites is 1. The second-order valence-electron chi connectivity index (χ2n) is 7.53. The molecule has 2 aromatic carbocycles. The summed E-state index contributed by atoms with van der Waals surface area (Å²) in [6, 6.07) is 16.2. The van der Waals surface area contributed by atoms with Crippen LogP contribution in [0.2, 0.25) is 0 Å². The van der Waals surface area contributed by atoms with E-state index in [1.54, 1.807) is 43.3 Å². The molecule has 8 nitrogen and oxygen atoms in total. The summed E-state index contributed by atoms with van der Waals surface area (Å²) in [6.45, 7) is 0.961. The van der Waals surface area contributed by atoms with Crippen molar-refractivity contribution in [3.63, 3.8) is 0 Å². The van der Waals surface area contributed by atoms with E-state index < -0.39 is 0 Å². The largest absolute Gasteiger partial charge is 0.497 e. The minimum absolute atomic E-state index is 0.0370. The first-order valence-electron chi connectivity index (χ1n) is 10.3. The topological polar surface area (TPSA) is 91.0 Å². The number of anilines is 2. The molecule has 0 bridgehead atoms. The summed E-state index contributed by atoms with van der Waals surface area (Å²) in [6.07, 6.45) is 1.14. The first-order valence-corrected chi connectivity index (χ1v) is 10.3. The maximum Gasteiger partial charge on any atom is 0.321 e. The third-order valence-corrected chi connectivity index (χ3v) is 5.27. The van der Waals surface area contributed by atoms with Crippen molar-refractivity contribution < 1.29 is 19.1 Å². The molecule has 0 aromatic heterocycles. The van der Waals surface area contributed by atoms with E-state index in [2.05, 4.69) is 10.6 Å². The molecule has 4 amide bonds. The second kappa shape index (κ2) is 10.5. The Morgan fingerprint density at radius 2 is 1.68 bits per heavy atom. The van der Waals surface area contributed by atoms with Crippen LogP contribution in [-0.4, -0.2) is 61.4 Å². The number of urea groups is 1. The summed E-state index contributed by atoms with van der Waals surface area (Å²) in [7, 11) is 3.19. The van der Waals surface area contributed by atoms with Gasteiger partial charge in [0, 0.05) is 43.5 Å². The molecule has 8 heteroatoms. The van der Waals surface area contributed by atoms with Gasteiger partial charge in [0.25, 0.3) is 0 Å². The van der Waals surface area contributed by atoms with Gasteiger partial charge in [0.15, 0.2) is 0 Å². The fraction of sp³-hybridized carbons (Fsp3) is 0.348. The summed E-state index contributed by atoms with van der Waals surface area (Å²) in [4.78, 5) is 40.6. The normalized spacial score (nSPS) is 13.9. The van der Waals surface area contributed by atoms with Gasteiger partial charge in [0.05, 0.1) is 13.7 Å². The minimum Gasteiger partial charge on any atom is -0.497 e. The molecular weight excluding hydrogens is 396 g/mol. The summed E-state index contributed by atoms with van der Waals surface area (Å²) in [5.74, 6) is 0.0911. The van der Waals surface area contributed by atoms with Gasteiger partial charge in [-0.15, -0.1) is 0 Å². The number of carbonyl (C=O) groups excluding carboxylic acids is 3. The maximum absolute atomic E-state index is 12.8. The van der Waals surface area contributed by atoms with Crippen LogP contribution < -0.4 is 15.4 Å². The number of piperidine rings is 1. The number of ether oxygens (including phenoxy) is 1. The molecule has 0 aliphatic carbocycles. The molecule has 0 unspecified atom stereocenters. The van der Waals surface area contributed by atoms with E-state index in [4.69, 9.17) is 4.74 Å². The second-order valence-corrected chi connectivity index (χ2v) is 7.53. The zero-order valence-electron chi connectivity index (χ0n) is 17.8. The van der Waals surface area contributed by atoms with Gasteiger partial charge in [-0.1, -0.05) is 24.3 Å². The highest BCUT2D eigenvalue weighted by molar-refractivity contribution is 5.95. The average molecular weight is 425 g/mol. The number of amides is 4. The average Bonchev–Trinajstić information content (AvgIpc) is 2.79. The van der Waals surface area contributed by atoms with Gasteiger partial charge in [-0.3, -0.25) is 9.59 Å². The molecule has 0 atom stereocenters. The fourth-order valence-electron chi connectivity index (χ4n) is 3.56. The lowest BCUT2D eigenvalue weighted by molar-refractivity contribution is -0.138. The number of carbonyl (C=O) groups is 3. The third kappa shape index (κ3) is 6.21. The van der Waals surface area contributed by atoms with Crippen LogP contribution in [0.1, 0.15) is 12.8 Å². The van der Waals surface area contributed by atoms with Crippen LogP contribution in [0.5, 0.6) is 5.75 Å². The van der Waals surface area contributed by atoms with E-state index in [9.17, 15) is 14.4 Å². The van der Waals surface area contributed by atoms with E-state index in [1.807, 2.05) is 30.3 Å². The highest BCUT2D eigenvalue weighted by Crippen LogP contribution is 2.21. The summed E-state index contributed by atoms with van der Waals surface area (Å²) in [5.41, 5.74) is 1.36. The molecule has 0 radical (unpaired) electrons. The SMILES string of the molecule is COc1cccc(NC(=O)CN(C)C(=O)C2CCN(C(=O)Nc3ccccc3)CC2)c1. The van der Waals surface area contributed by atoms with E-state index in [0.29, 0.717) is 37.4 Å². The Morgan fingerprint density at radius 1 is 1.00 bits per heavy atom. The molecule has 1 aliphatic heterocycles. The first kappa shape index (κ1) is 22.1. The van der Waals surface area contributed by atoms with Crippen molar-refractivity contribution in [2.24, 2.45) is 5.92 Å². The number of benzene rings is 2. The smallest absolute Gasteiger partial charge is 0.321 e. The quantitative estimate of drug-likeness (QED) is 0.746. The van der Waals surface area contributed by atoms with Gasteiger partial charge in [-0.2, -0.15) is 0 Å². The predicted molar refractivity (Wildman–Crippen MR) is 119 cm³/mol. The maximum atomic E-state index is 12.8.